The minimum atomic E-state index is 0.991. The molecule has 0 amide bonds. The van der Waals surface area contributed by atoms with Gasteiger partial charge in [0.2, 0.25) is 0 Å². The fourth-order valence-corrected chi connectivity index (χ4v) is 4.31. The maximum Gasteiger partial charge on any atom is 0.0234 e. The molecule has 0 heterocycles. The van der Waals surface area contributed by atoms with Gasteiger partial charge in [0.25, 0.3) is 0 Å². The maximum atomic E-state index is 2.35. The van der Waals surface area contributed by atoms with Crippen LogP contribution in [0.1, 0.15) is 74.9 Å². The molecule has 0 bridgehead atoms. The van der Waals surface area contributed by atoms with Crippen molar-refractivity contribution in [2.45, 2.75) is 67.5 Å². The predicted molar refractivity (Wildman–Crippen MR) is 138 cm³/mol. The first-order valence-corrected chi connectivity index (χ1v) is 11.8. The number of hydrogen-bond acceptors (Lipinski definition) is 2. The van der Waals surface area contributed by atoms with Gasteiger partial charge in [0.1, 0.15) is 0 Å². The van der Waals surface area contributed by atoms with Gasteiger partial charge >= 0.3 is 0 Å². The summed E-state index contributed by atoms with van der Waals surface area (Å²) >= 11 is 0. The molecule has 0 N–H and O–H groups in total. The lowest BCUT2D eigenvalue weighted by molar-refractivity contribution is 0.401. The molecule has 0 saturated carbocycles. The molecule has 2 nitrogen and oxygen atoms in total. The van der Waals surface area contributed by atoms with Crippen LogP contribution in [0.3, 0.4) is 0 Å². The van der Waals surface area contributed by atoms with Gasteiger partial charge < -0.3 is 9.80 Å². The number of fused-ring (bicyclic) bond motifs is 6. The van der Waals surface area contributed by atoms with Gasteiger partial charge in [-0.25, -0.2) is 0 Å². The monoisotopic (exact) mass is 408 g/mol. The van der Waals surface area contributed by atoms with E-state index < -0.39 is 0 Å². The van der Waals surface area contributed by atoms with Crippen LogP contribution >= 0.6 is 0 Å². The Morgan fingerprint density at radius 2 is 1.03 bits per heavy atom. The molecule has 0 aromatic heterocycles. The second kappa shape index (κ2) is 12.7. The van der Waals surface area contributed by atoms with Crippen molar-refractivity contribution in [3.8, 4) is 0 Å². The Kier molecular flexibility index (Phi) is 11.1. The first kappa shape index (κ1) is 26.1. The van der Waals surface area contributed by atoms with E-state index in [4.69, 9.17) is 0 Å². The third-order valence-corrected chi connectivity index (χ3v) is 5.11. The molecule has 2 aliphatic carbocycles. The number of hydrogen-bond donors (Lipinski definition) is 0. The van der Waals surface area contributed by atoms with E-state index in [0.717, 1.165) is 25.9 Å². The number of rotatable bonds is 4. The molecule has 0 atom stereocenters. The summed E-state index contributed by atoms with van der Waals surface area (Å²) < 4.78 is 0. The lowest BCUT2D eigenvalue weighted by Crippen LogP contribution is -2.14. The Morgan fingerprint density at radius 1 is 0.600 bits per heavy atom. The summed E-state index contributed by atoms with van der Waals surface area (Å²) in [6.07, 6.45) is 11.5. The Labute approximate surface area is 186 Å². The molecule has 0 saturated heterocycles. The van der Waals surface area contributed by atoms with Crippen LogP contribution in [0.4, 0.5) is 0 Å². The summed E-state index contributed by atoms with van der Waals surface area (Å²) in [4.78, 5) is 4.55. The minimum absolute atomic E-state index is 0.991. The third kappa shape index (κ3) is 5.42. The Hall–Kier alpha value is -1.90. The van der Waals surface area contributed by atoms with E-state index in [9.17, 15) is 0 Å². The second-order valence-corrected chi connectivity index (χ2v) is 7.61. The van der Waals surface area contributed by atoms with Gasteiger partial charge in [-0.1, -0.05) is 78.0 Å². The fraction of sp³-hybridized carbons (Fsp3) is 0.500. The Bertz CT molecular complexity index is 870. The van der Waals surface area contributed by atoms with Crippen LogP contribution < -0.4 is 0 Å². The standard InChI is InChI=1S/C22H26N2.3C2H6/c1-23(2)13-15-11-12-16(14-24(3)4)22-20-10-6-8-18(20)17-7-5-9-19(17)21(15)22;3*1-2/h5-7,10-12H,8-9,13-14H2,1-4H3;3*1-2H3. The van der Waals surface area contributed by atoms with E-state index in [2.05, 4.69) is 74.4 Å². The van der Waals surface area contributed by atoms with Crippen molar-refractivity contribution in [1.29, 1.82) is 0 Å². The summed E-state index contributed by atoms with van der Waals surface area (Å²) in [7, 11) is 8.63. The summed E-state index contributed by atoms with van der Waals surface area (Å²) in [5, 5.41) is 3.00. The SMILES string of the molecule is CC.CC.CC.CN(C)Cc1ccc(CN(C)C)c2c3c(c4c(c12)C=CC4)C=CC3. The first-order chi connectivity index (χ1) is 14.6. The van der Waals surface area contributed by atoms with Crippen molar-refractivity contribution in [3.05, 3.63) is 57.7 Å². The normalized spacial score (nSPS) is 12.7. The zero-order valence-corrected chi connectivity index (χ0v) is 21.2. The largest absolute Gasteiger partial charge is 0.305 e. The highest BCUT2D eigenvalue weighted by Gasteiger charge is 2.24. The first-order valence-electron chi connectivity index (χ1n) is 11.8. The van der Waals surface area contributed by atoms with Crippen molar-refractivity contribution in [1.82, 2.24) is 9.80 Å². The van der Waals surface area contributed by atoms with E-state index in [-0.39, 0.29) is 0 Å². The highest BCUT2D eigenvalue weighted by atomic mass is 15.1. The van der Waals surface area contributed by atoms with Gasteiger partial charge in [0.05, 0.1) is 0 Å². The van der Waals surface area contributed by atoms with Crippen LogP contribution in [0, 0.1) is 0 Å². The molecule has 2 heteroatoms. The molecule has 0 radical (unpaired) electrons. The molecule has 0 fully saturated rings. The highest BCUT2D eigenvalue weighted by molar-refractivity contribution is 6.03. The van der Waals surface area contributed by atoms with Crippen molar-refractivity contribution < 1.29 is 0 Å². The third-order valence-electron chi connectivity index (χ3n) is 5.11. The molecule has 0 aliphatic heterocycles. The smallest absolute Gasteiger partial charge is 0.0234 e. The van der Waals surface area contributed by atoms with Crippen LogP contribution in [-0.4, -0.2) is 38.0 Å². The number of benzene rings is 2. The van der Waals surface area contributed by atoms with E-state index in [1.807, 2.05) is 41.5 Å². The minimum Gasteiger partial charge on any atom is -0.305 e. The van der Waals surface area contributed by atoms with Gasteiger partial charge in [0.15, 0.2) is 0 Å². The van der Waals surface area contributed by atoms with Gasteiger partial charge in [-0.2, -0.15) is 0 Å². The molecule has 0 spiro atoms. The molecule has 2 aliphatic rings. The van der Waals surface area contributed by atoms with Crippen molar-refractivity contribution in [3.63, 3.8) is 0 Å². The molecule has 4 rings (SSSR count). The summed E-state index contributed by atoms with van der Waals surface area (Å²) in [5.74, 6) is 0. The van der Waals surface area contributed by atoms with Gasteiger partial charge in [-0.15, -0.1) is 0 Å². The quantitative estimate of drug-likeness (QED) is 0.528. The lowest BCUT2D eigenvalue weighted by atomic mass is 9.86. The van der Waals surface area contributed by atoms with Crippen LogP contribution in [-0.2, 0) is 25.9 Å². The fourth-order valence-electron chi connectivity index (χ4n) is 4.31. The van der Waals surface area contributed by atoms with Crippen LogP contribution in [0.25, 0.3) is 22.9 Å². The van der Waals surface area contributed by atoms with Gasteiger partial charge in [0, 0.05) is 13.1 Å². The topological polar surface area (TPSA) is 6.48 Å². The zero-order chi connectivity index (χ0) is 22.8. The van der Waals surface area contributed by atoms with Crippen LogP contribution in [0.15, 0.2) is 24.3 Å². The predicted octanol–water partition coefficient (Wildman–Crippen LogP) is 7.18. The molecule has 0 unspecified atom stereocenters. The molecule has 2 aromatic rings. The Balaban J connectivity index is 0.000000691. The molecular weight excluding hydrogens is 364 g/mol. The zero-order valence-electron chi connectivity index (χ0n) is 21.2. The van der Waals surface area contributed by atoms with E-state index in [1.165, 1.54) is 38.6 Å². The van der Waals surface area contributed by atoms with Crippen molar-refractivity contribution in [2.24, 2.45) is 0 Å². The maximum absolute atomic E-state index is 2.35. The summed E-state index contributed by atoms with van der Waals surface area (Å²) in [6.45, 7) is 14.0. The summed E-state index contributed by atoms with van der Waals surface area (Å²) in [5.41, 5.74) is 8.95. The number of nitrogens with zero attached hydrogens (tertiary/aromatic N) is 2. The van der Waals surface area contributed by atoms with E-state index in [0.29, 0.717) is 0 Å². The molecule has 30 heavy (non-hydrogen) atoms. The van der Waals surface area contributed by atoms with Gasteiger partial charge in [-0.05, 0) is 85.2 Å². The Morgan fingerprint density at radius 3 is 1.53 bits per heavy atom. The van der Waals surface area contributed by atoms with E-state index >= 15 is 0 Å². The van der Waals surface area contributed by atoms with E-state index in [1.54, 1.807) is 5.56 Å². The van der Waals surface area contributed by atoms with Crippen LogP contribution in [0.2, 0.25) is 0 Å². The average molecular weight is 409 g/mol. The molecular formula is C28H44N2. The van der Waals surface area contributed by atoms with Crippen molar-refractivity contribution in [2.75, 3.05) is 28.2 Å². The van der Waals surface area contributed by atoms with Crippen molar-refractivity contribution >= 4 is 22.9 Å². The highest BCUT2D eigenvalue weighted by Crippen LogP contribution is 2.42. The van der Waals surface area contributed by atoms with Crippen LogP contribution in [0.5, 0.6) is 0 Å². The molecule has 166 valence electrons. The molecule has 2 aromatic carbocycles. The lowest BCUT2D eigenvalue weighted by Gasteiger charge is -2.22. The van der Waals surface area contributed by atoms with Gasteiger partial charge in [-0.3, -0.25) is 0 Å². The summed E-state index contributed by atoms with van der Waals surface area (Å²) in [6, 6.07) is 4.70. The number of allylic oxidation sites excluding steroid dienone is 2. The average Bonchev–Trinajstić information content (AvgIpc) is 3.42. The second-order valence-electron chi connectivity index (χ2n) is 7.61.